The molecule has 0 aliphatic heterocycles. The van der Waals surface area contributed by atoms with Gasteiger partial charge in [-0.15, -0.1) is 0 Å². The lowest BCUT2D eigenvalue weighted by atomic mass is 9.87. The molecule has 0 fully saturated rings. The highest BCUT2D eigenvalue weighted by Gasteiger charge is 2.32. The van der Waals surface area contributed by atoms with Gasteiger partial charge in [-0.2, -0.15) is 13.2 Å². The molecule has 3 nitrogen and oxygen atoms in total. The second-order valence-electron chi connectivity index (χ2n) is 6.14. The second-order valence-corrected chi connectivity index (χ2v) is 6.14. The van der Waals surface area contributed by atoms with E-state index in [-0.39, 0.29) is 11.5 Å². The standard InChI is InChI=1S/C19H22F3NO2/c1-12(10-13-6-3-4-9-16(13)25-2)17(23)18(24)14-7-5-8-15(11-14)19(20,21)22/h3-9,11-12,17-18,24H,10,23H2,1-2H3. The Labute approximate surface area is 145 Å². The summed E-state index contributed by atoms with van der Waals surface area (Å²) >= 11 is 0. The van der Waals surface area contributed by atoms with Crippen LogP contribution in [0, 0.1) is 5.92 Å². The maximum Gasteiger partial charge on any atom is 0.416 e. The highest BCUT2D eigenvalue weighted by molar-refractivity contribution is 5.34. The van der Waals surface area contributed by atoms with Crippen LogP contribution in [0.4, 0.5) is 13.2 Å². The van der Waals surface area contributed by atoms with Crippen LogP contribution >= 0.6 is 0 Å². The summed E-state index contributed by atoms with van der Waals surface area (Å²) in [5.74, 6) is 0.552. The molecule has 6 heteroatoms. The minimum absolute atomic E-state index is 0.161. The van der Waals surface area contributed by atoms with Gasteiger partial charge in [0.05, 0.1) is 18.8 Å². The number of aliphatic hydroxyl groups excluding tert-OH is 1. The molecule has 0 heterocycles. The second kappa shape index (κ2) is 7.89. The van der Waals surface area contributed by atoms with Crippen molar-refractivity contribution in [2.45, 2.75) is 31.7 Å². The smallest absolute Gasteiger partial charge is 0.416 e. The number of alkyl halides is 3. The maximum atomic E-state index is 12.8. The SMILES string of the molecule is COc1ccccc1CC(C)C(N)C(O)c1cccc(C(F)(F)F)c1. The summed E-state index contributed by atoms with van der Waals surface area (Å²) in [5.41, 5.74) is 6.42. The van der Waals surface area contributed by atoms with E-state index in [4.69, 9.17) is 10.5 Å². The van der Waals surface area contributed by atoms with E-state index in [0.717, 1.165) is 23.4 Å². The first-order chi connectivity index (χ1) is 11.7. The molecule has 0 saturated carbocycles. The minimum Gasteiger partial charge on any atom is -0.496 e. The first-order valence-electron chi connectivity index (χ1n) is 7.96. The fourth-order valence-corrected chi connectivity index (χ4v) is 2.79. The zero-order valence-corrected chi connectivity index (χ0v) is 14.1. The van der Waals surface area contributed by atoms with Crippen LogP contribution in [0.3, 0.4) is 0 Å². The van der Waals surface area contributed by atoms with Crippen molar-refractivity contribution in [1.82, 2.24) is 0 Å². The van der Waals surface area contributed by atoms with Crippen molar-refractivity contribution in [3.05, 3.63) is 65.2 Å². The van der Waals surface area contributed by atoms with E-state index >= 15 is 0 Å². The monoisotopic (exact) mass is 353 g/mol. The number of halogens is 3. The molecular formula is C19H22F3NO2. The van der Waals surface area contributed by atoms with Crippen molar-refractivity contribution in [3.63, 3.8) is 0 Å². The third-order valence-corrected chi connectivity index (χ3v) is 4.31. The molecule has 25 heavy (non-hydrogen) atoms. The molecule has 3 unspecified atom stereocenters. The van der Waals surface area contributed by atoms with Gasteiger partial charge in [0.1, 0.15) is 5.75 Å². The third kappa shape index (κ3) is 4.74. The summed E-state index contributed by atoms with van der Waals surface area (Å²) in [6.07, 6.45) is -5.10. The number of methoxy groups -OCH3 is 1. The maximum absolute atomic E-state index is 12.8. The van der Waals surface area contributed by atoms with E-state index in [2.05, 4.69) is 0 Å². The lowest BCUT2D eigenvalue weighted by molar-refractivity contribution is -0.137. The number of rotatable bonds is 6. The predicted molar refractivity (Wildman–Crippen MR) is 90.2 cm³/mol. The Balaban J connectivity index is 2.15. The Morgan fingerprint density at radius 2 is 1.80 bits per heavy atom. The molecule has 2 rings (SSSR count). The average molecular weight is 353 g/mol. The number of para-hydroxylation sites is 1. The number of benzene rings is 2. The van der Waals surface area contributed by atoms with E-state index in [0.29, 0.717) is 6.42 Å². The molecule has 2 aromatic rings. The Morgan fingerprint density at radius 1 is 1.12 bits per heavy atom. The van der Waals surface area contributed by atoms with Crippen molar-refractivity contribution in [2.75, 3.05) is 7.11 Å². The van der Waals surface area contributed by atoms with Gasteiger partial charge >= 0.3 is 6.18 Å². The van der Waals surface area contributed by atoms with Crippen LogP contribution in [0.15, 0.2) is 48.5 Å². The van der Waals surface area contributed by atoms with Crippen LogP contribution < -0.4 is 10.5 Å². The summed E-state index contributed by atoms with van der Waals surface area (Å²) in [6.45, 7) is 1.86. The number of nitrogens with two attached hydrogens (primary N) is 1. The zero-order valence-electron chi connectivity index (χ0n) is 14.1. The van der Waals surface area contributed by atoms with Gasteiger partial charge in [-0.3, -0.25) is 0 Å². The molecule has 0 bridgehead atoms. The quantitative estimate of drug-likeness (QED) is 0.827. The summed E-state index contributed by atoms with van der Waals surface area (Å²) in [7, 11) is 1.57. The first kappa shape index (κ1) is 19.3. The molecule has 136 valence electrons. The van der Waals surface area contributed by atoms with Gasteiger partial charge in [-0.05, 0) is 41.7 Å². The summed E-state index contributed by atoms with van der Waals surface area (Å²) < 4.78 is 43.8. The van der Waals surface area contributed by atoms with Gasteiger partial charge in [-0.25, -0.2) is 0 Å². The van der Waals surface area contributed by atoms with E-state index in [1.54, 1.807) is 7.11 Å². The van der Waals surface area contributed by atoms with E-state index < -0.39 is 23.9 Å². The normalized spacial score (nSPS) is 15.5. The average Bonchev–Trinajstić information content (AvgIpc) is 2.60. The molecule has 0 aliphatic rings. The van der Waals surface area contributed by atoms with Crippen LogP contribution in [0.5, 0.6) is 5.75 Å². The van der Waals surface area contributed by atoms with Crippen LogP contribution in [0.2, 0.25) is 0 Å². The van der Waals surface area contributed by atoms with E-state index in [1.165, 1.54) is 12.1 Å². The van der Waals surface area contributed by atoms with Gasteiger partial charge in [-0.1, -0.05) is 37.3 Å². The summed E-state index contributed by atoms with van der Waals surface area (Å²) in [5, 5.41) is 10.4. The third-order valence-electron chi connectivity index (χ3n) is 4.31. The highest BCUT2D eigenvalue weighted by Crippen LogP contribution is 2.32. The Kier molecular flexibility index (Phi) is 6.08. The lowest BCUT2D eigenvalue weighted by Gasteiger charge is -2.26. The van der Waals surface area contributed by atoms with E-state index in [1.807, 2.05) is 31.2 Å². The number of aliphatic hydroxyl groups is 1. The van der Waals surface area contributed by atoms with Gasteiger partial charge in [0.15, 0.2) is 0 Å². The zero-order chi connectivity index (χ0) is 18.6. The molecule has 2 aromatic carbocycles. The number of hydrogen-bond acceptors (Lipinski definition) is 3. The Hall–Kier alpha value is -2.05. The Morgan fingerprint density at radius 3 is 2.44 bits per heavy atom. The van der Waals surface area contributed by atoms with E-state index in [9.17, 15) is 18.3 Å². The first-order valence-corrected chi connectivity index (χ1v) is 7.96. The topological polar surface area (TPSA) is 55.5 Å². The number of ether oxygens (including phenoxy) is 1. The predicted octanol–water partition coefficient (Wildman–Crippen LogP) is 3.95. The minimum atomic E-state index is -4.46. The molecule has 0 saturated heterocycles. The van der Waals surface area contributed by atoms with Crippen LogP contribution in [0.25, 0.3) is 0 Å². The van der Waals surface area contributed by atoms with Crippen molar-refractivity contribution in [1.29, 1.82) is 0 Å². The van der Waals surface area contributed by atoms with Crippen molar-refractivity contribution in [3.8, 4) is 5.75 Å². The molecule has 0 radical (unpaired) electrons. The van der Waals surface area contributed by atoms with Gasteiger partial charge in [0.2, 0.25) is 0 Å². The fourth-order valence-electron chi connectivity index (χ4n) is 2.79. The van der Waals surface area contributed by atoms with Gasteiger partial charge in [0.25, 0.3) is 0 Å². The molecule has 3 atom stereocenters. The van der Waals surface area contributed by atoms with Crippen molar-refractivity contribution >= 4 is 0 Å². The van der Waals surface area contributed by atoms with Gasteiger partial charge < -0.3 is 15.6 Å². The van der Waals surface area contributed by atoms with Gasteiger partial charge in [0, 0.05) is 6.04 Å². The summed E-state index contributed by atoms with van der Waals surface area (Å²) in [4.78, 5) is 0. The summed E-state index contributed by atoms with van der Waals surface area (Å²) in [6, 6.07) is 11.4. The Bertz CT molecular complexity index is 703. The van der Waals surface area contributed by atoms with Crippen molar-refractivity contribution in [2.24, 2.45) is 11.7 Å². The fraction of sp³-hybridized carbons (Fsp3) is 0.368. The van der Waals surface area contributed by atoms with Crippen molar-refractivity contribution < 1.29 is 23.0 Å². The molecule has 0 amide bonds. The lowest BCUT2D eigenvalue weighted by Crippen LogP contribution is -2.36. The molecule has 0 spiro atoms. The van der Waals surface area contributed by atoms with Crippen LogP contribution in [0.1, 0.15) is 29.7 Å². The highest BCUT2D eigenvalue weighted by atomic mass is 19.4. The largest absolute Gasteiger partial charge is 0.496 e. The molecule has 0 aromatic heterocycles. The van der Waals surface area contributed by atoms with Crippen LogP contribution in [-0.2, 0) is 12.6 Å². The molecule has 3 N–H and O–H groups in total. The molecular weight excluding hydrogens is 331 g/mol. The molecule has 0 aliphatic carbocycles. The number of hydrogen-bond donors (Lipinski definition) is 2. The van der Waals surface area contributed by atoms with Crippen LogP contribution in [-0.4, -0.2) is 18.3 Å².